The molecule has 0 amide bonds. The molecule has 1 unspecified atom stereocenters. The number of hydrogen-bond donors (Lipinski definition) is 2. The van der Waals surface area contributed by atoms with Crippen molar-refractivity contribution >= 4 is 0 Å². The van der Waals surface area contributed by atoms with Crippen LogP contribution in [0.1, 0.15) is 12.8 Å². The van der Waals surface area contributed by atoms with Gasteiger partial charge in [0.1, 0.15) is 5.75 Å². The summed E-state index contributed by atoms with van der Waals surface area (Å²) in [7, 11) is 0. The second-order valence-corrected chi connectivity index (χ2v) is 3.71. The Balaban J connectivity index is 2.28. The van der Waals surface area contributed by atoms with E-state index in [4.69, 9.17) is 10.3 Å². The van der Waals surface area contributed by atoms with Crippen LogP contribution in [0.2, 0.25) is 0 Å². The molecule has 1 aromatic heterocycles. The zero-order valence-corrected chi connectivity index (χ0v) is 8.92. The summed E-state index contributed by atoms with van der Waals surface area (Å²) in [5, 5.41) is 13.4. The summed E-state index contributed by atoms with van der Waals surface area (Å²) in [6.45, 7) is 1.86. The first-order valence-electron chi connectivity index (χ1n) is 5.03. The maximum absolute atomic E-state index is 9.61. The summed E-state index contributed by atoms with van der Waals surface area (Å²) in [4.78, 5) is 4.16. The molecule has 2 aromatic rings. The third-order valence-corrected chi connectivity index (χ3v) is 2.11. The average Bonchev–Trinajstić information content (AvgIpc) is 2.66. The van der Waals surface area contributed by atoms with E-state index >= 15 is 0 Å². The molecule has 1 heterocycles. The highest BCUT2D eigenvalue weighted by atomic mass is 16.5. The lowest BCUT2D eigenvalue weighted by Crippen LogP contribution is -2.17. The smallest absolute Gasteiger partial charge is 0.228 e. The van der Waals surface area contributed by atoms with Gasteiger partial charge in [-0.05, 0) is 19.1 Å². The van der Waals surface area contributed by atoms with Gasteiger partial charge in [0.05, 0.1) is 5.56 Å². The molecule has 0 aliphatic carbocycles. The molecule has 0 saturated heterocycles. The summed E-state index contributed by atoms with van der Waals surface area (Å²) < 4.78 is 5.03. The molecule has 0 saturated carbocycles. The lowest BCUT2D eigenvalue weighted by molar-refractivity contribution is 0.371. The van der Waals surface area contributed by atoms with Gasteiger partial charge < -0.3 is 15.4 Å². The van der Waals surface area contributed by atoms with Gasteiger partial charge in [0, 0.05) is 12.5 Å². The van der Waals surface area contributed by atoms with Crippen LogP contribution in [0.3, 0.4) is 0 Å². The van der Waals surface area contributed by atoms with E-state index in [1.54, 1.807) is 24.3 Å². The molecular formula is C11H13N3O2. The molecule has 5 heteroatoms. The van der Waals surface area contributed by atoms with Crippen LogP contribution in [0.25, 0.3) is 11.4 Å². The quantitative estimate of drug-likeness (QED) is 0.813. The van der Waals surface area contributed by atoms with Gasteiger partial charge in [-0.15, -0.1) is 0 Å². The first kappa shape index (κ1) is 10.6. The molecule has 0 bridgehead atoms. The monoisotopic (exact) mass is 219 g/mol. The summed E-state index contributed by atoms with van der Waals surface area (Å²) in [5.74, 6) is 0.998. The second-order valence-electron chi connectivity index (χ2n) is 3.71. The zero-order valence-electron chi connectivity index (χ0n) is 8.92. The fraction of sp³-hybridized carbons (Fsp3) is 0.273. The standard InChI is InChI=1S/C11H13N3O2/c1-7(12)6-10-13-11(14-16-10)8-4-2-3-5-9(8)15/h2-5,7,15H,6,12H2,1H3. The SMILES string of the molecule is CC(N)Cc1nc(-c2ccccc2O)no1. The molecule has 0 spiro atoms. The van der Waals surface area contributed by atoms with Crippen LogP contribution in [0, 0.1) is 0 Å². The summed E-state index contributed by atoms with van der Waals surface area (Å²) >= 11 is 0. The second kappa shape index (κ2) is 4.32. The minimum Gasteiger partial charge on any atom is -0.507 e. The number of benzene rings is 1. The number of phenols is 1. The van der Waals surface area contributed by atoms with Gasteiger partial charge in [-0.2, -0.15) is 4.98 Å². The minimum atomic E-state index is -0.0299. The Kier molecular flexibility index (Phi) is 2.87. The third kappa shape index (κ3) is 2.20. The third-order valence-electron chi connectivity index (χ3n) is 2.11. The van der Waals surface area contributed by atoms with Gasteiger partial charge in [-0.1, -0.05) is 17.3 Å². The molecule has 0 aliphatic heterocycles. The maximum Gasteiger partial charge on any atom is 0.228 e. The molecule has 0 radical (unpaired) electrons. The lowest BCUT2D eigenvalue weighted by Gasteiger charge is -1.98. The minimum absolute atomic E-state index is 0.0299. The highest BCUT2D eigenvalue weighted by molar-refractivity contribution is 5.62. The fourth-order valence-corrected chi connectivity index (χ4v) is 1.39. The molecule has 0 aliphatic rings. The summed E-state index contributed by atoms with van der Waals surface area (Å²) in [6.07, 6.45) is 0.528. The van der Waals surface area contributed by atoms with Crippen LogP contribution in [-0.4, -0.2) is 21.3 Å². The largest absolute Gasteiger partial charge is 0.507 e. The number of nitrogens with two attached hydrogens (primary N) is 1. The molecule has 1 atom stereocenters. The van der Waals surface area contributed by atoms with Crippen LogP contribution in [0.4, 0.5) is 0 Å². The van der Waals surface area contributed by atoms with Gasteiger partial charge in [0.25, 0.3) is 0 Å². The van der Waals surface area contributed by atoms with Crippen molar-refractivity contribution in [2.24, 2.45) is 5.73 Å². The highest BCUT2D eigenvalue weighted by Crippen LogP contribution is 2.25. The van der Waals surface area contributed by atoms with E-state index in [1.807, 2.05) is 6.92 Å². The van der Waals surface area contributed by atoms with E-state index in [2.05, 4.69) is 10.1 Å². The van der Waals surface area contributed by atoms with Crippen molar-refractivity contribution in [1.29, 1.82) is 0 Å². The van der Waals surface area contributed by atoms with Crippen molar-refractivity contribution in [3.63, 3.8) is 0 Å². The predicted octanol–water partition coefficient (Wildman–Crippen LogP) is 1.33. The van der Waals surface area contributed by atoms with Crippen molar-refractivity contribution < 1.29 is 9.63 Å². The number of hydrogen-bond acceptors (Lipinski definition) is 5. The summed E-state index contributed by atoms with van der Waals surface area (Å²) in [6, 6.07) is 6.82. The van der Waals surface area contributed by atoms with Crippen molar-refractivity contribution in [3.05, 3.63) is 30.2 Å². The van der Waals surface area contributed by atoms with E-state index < -0.39 is 0 Å². The highest BCUT2D eigenvalue weighted by Gasteiger charge is 2.12. The molecule has 1 aromatic carbocycles. The Hall–Kier alpha value is -1.88. The zero-order chi connectivity index (χ0) is 11.5. The first-order valence-corrected chi connectivity index (χ1v) is 5.03. The molecule has 3 N–H and O–H groups in total. The summed E-state index contributed by atoms with van der Waals surface area (Å²) in [5.41, 5.74) is 6.18. The van der Waals surface area contributed by atoms with Crippen LogP contribution in [-0.2, 0) is 6.42 Å². The van der Waals surface area contributed by atoms with Gasteiger partial charge in [0.15, 0.2) is 0 Å². The van der Waals surface area contributed by atoms with Crippen LogP contribution in [0.5, 0.6) is 5.75 Å². The normalized spacial score (nSPS) is 12.6. The molecule has 5 nitrogen and oxygen atoms in total. The van der Waals surface area contributed by atoms with E-state index in [0.29, 0.717) is 23.7 Å². The van der Waals surface area contributed by atoms with E-state index in [1.165, 1.54) is 0 Å². The van der Waals surface area contributed by atoms with Crippen molar-refractivity contribution in [1.82, 2.24) is 10.1 Å². The number of nitrogens with zero attached hydrogens (tertiary/aromatic N) is 2. The topological polar surface area (TPSA) is 85.2 Å². The Morgan fingerprint density at radius 3 is 2.88 bits per heavy atom. The Labute approximate surface area is 92.9 Å². The molecule has 84 valence electrons. The number of aromatic hydroxyl groups is 1. The number of rotatable bonds is 3. The Bertz CT molecular complexity index is 480. The van der Waals surface area contributed by atoms with E-state index in [0.717, 1.165) is 0 Å². The van der Waals surface area contributed by atoms with E-state index in [-0.39, 0.29) is 11.8 Å². The van der Waals surface area contributed by atoms with Crippen molar-refractivity contribution in [2.75, 3.05) is 0 Å². The number of para-hydroxylation sites is 1. The number of aromatic nitrogens is 2. The van der Waals surface area contributed by atoms with Crippen molar-refractivity contribution in [3.8, 4) is 17.1 Å². The maximum atomic E-state index is 9.61. The molecular weight excluding hydrogens is 206 g/mol. The predicted molar refractivity (Wildman–Crippen MR) is 58.8 cm³/mol. The Morgan fingerprint density at radius 2 is 2.19 bits per heavy atom. The van der Waals surface area contributed by atoms with Crippen LogP contribution in [0.15, 0.2) is 28.8 Å². The molecule has 0 fully saturated rings. The number of phenolic OH excluding ortho intramolecular Hbond substituents is 1. The average molecular weight is 219 g/mol. The molecule has 16 heavy (non-hydrogen) atoms. The lowest BCUT2D eigenvalue weighted by atomic mass is 10.2. The first-order chi connectivity index (χ1) is 7.66. The van der Waals surface area contributed by atoms with Gasteiger partial charge >= 0.3 is 0 Å². The Morgan fingerprint density at radius 1 is 1.44 bits per heavy atom. The fourth-order valence-electron chi connectivity index (χ4n) is 1.39. The molecule has 2 rings (SSSR count). The van der Waals surface area contributed by atoms with Gasteiger partial charge in [-0.25, -0.2) is 0 Å². The van der Waals surface area contributed by atoms with Gasteiger partial charge in [0.2, 0.25) is 11.7 Å². The van der Waals surface area contributed by atoms with Gasteiger partial charge in [-0.3, -0.25) is 0 Å². The van der Waals surface area contributed by atoms with Crippen LogP contribution < -0.4 is 5.73 Å². The van der Waals surface area contributed by atoms with Crippen LogP contribution >= 0.6 is 0 Å². The van der Waals surface area contributed by atoms with E-state index in [9.17, 15) is 5.11 Å². The van der Waals surface area contributed by atoms with Crippen molar-refractivity contribution in [2.45, 2.75) is 19.4 Å².